The molecule has 150 valence electrons. The van der Waals surface area contributed by atoms with E-state index in [9.17, 15) is 14.4 Å². The van der Waals surface area contributed by atoms with Gasteiger partial charge in [0.1, 0.15) is 5.75 Å². The van der Waals surface area contributed by atoms with Crippen molar-refractivity contribution in [1.29, 1.82) is 0 Å². The first kappa shape index (κ1) is 18.8. The molecule has 29 heavy (non-hydrogen) atoms. The van der Waals surface area contributed by atoms with E-state index < -0.39 is 17.9 Å². The summed E-state index contributed by atoms with van der Waals surface area (Å²) in [6.45, 7) is 0.930. The Morgan fingerprint density at radius 3 is 2.72 bits per heavy atom. The fourth-order valence-electron chi connectivity index (χ4n) is 3.57. The Hall–Kier alpha value is -3.55. The van der Waals surface area contributed by atoms with E-state index >= 15 is 0 Å². The number of amides is 3. The van der Waals surface area contributed by atoms with Crippen molar-refractivity contribution < 1.29 is 19.1 Å². The van der Waals surface area contributed by atoms with Crippen molar-refractivity contribution in [3.63, 3.8) is 0 Å². The molecule has 0 saturated heterocycles. The maximum Gasteiger partial charge on any atom is 0.266 e. The van der Waals surface area contributed by atoms with Crippen molar-refractivity contribution in [2.24, 2.45) is 0 Å². The van der Waals surface area contributed by atoms with Crippen LogP contribution in [0.4, 0.5) is 11.4 Å². The molecule has 1 atom stereocenters. The van der Waals surface area contributed by atoms with Crippen LogP contribution in [0.15, 0.2) is 48.5 Å². The summed E-state index contributed by atoms with van der Waals surface area (Å²) in [5.41, 5.74) is 7.62. The molecule has 0 fully saturated rings. The van der Waals surface area contributed by atoms with E-state index in [1.807, 2.05) is 23.1 Å². The third-order valence-electron chi connectivity index (χ3n) is 4.96. The van der Waals surface area contributed by atoms with Crippen LogP contribution in [0, 0.1) is 0 Å². The summed E-state index contributed by atoms with van der Waals surface area (Å²) in [6.07, 6.45) is 0.826. The van der Waals surface area contributed by atoms with Crippen LogP contribution in [0.25, 0.3) is 0 Å². The molecule has 0 aliphatic carbocycles. The van der Waals surface area contributed by atoms with Crippen LogP contribution < -0.4 is 25.8 Å². The van der Waals surface area contributed by atoms with Crippen molar-refractivity contribution in [3.05, 3.63) is 54.1 Å². The number of nitrogens with zero attached hydrogens (tertiary/aromatic N) is 1. The minimum atomic E-state index is -0.948. The second kappa shape index (κ2) is 8.22. The molecule has 2 aliphatic rings. The molecule has 8 nitrogen and oxygen atoms in total. The van der Waals surface area contributed by atoms with Crippen LogP contribution in [-0.4, -0.2) is 36.9 Å². The predicted molar refractivity (Wildman–Crippen MR) is 107 cm³/mol. The van der Waals surface area contributed by atoms with E-state index in [4.69, 9.17) is 4.74 Å². The van der Waals surface area contributed by atoms with E-state index in [-0.39, 0.29) is 18.9 Å². The first-order chi connectivity index (χ1) is 14.1. The molecular formula is C21H22N4O4. The van der Waals surface area contributed by atoms with Crippen LogP contribution >= 0.6 is 0 Å². The van der Waals surface area contributed by atoms with Gasteiger partial charge in [-0.2, -0.15) is 0 Å². The topological polar surface area (TPSA) is 99.8 Å². The Balaban J connectivity index is 1.27. The van der Waals surface area contributed by atoms with Crippen molar-refractivity contribution in [1.82, 2.24) is 10.9 Å². The minimum Gasteiger partial charge on any atom is -0.478 e. The molecule has 2 aromatic rings. The first-order valence-corrected chi connectivity index (χ1v) is 9.57. The molecule has 4 rings (SSSR count). The third-order valence-corrected chi connectivity index (χ3v) is 4.96. The van der Waals surface area contributed by atoms with Gasteiger partial charge in [0, 0.05) is 12.2 Å². The Morgan fingerprint density at radius 2 is 1.83 bits per heavy atom. The summed E-state index contributed by atoms with van der Waals surface area (Å²) in [6, 6.07) is 15.0. The molecule has 0 radical (unpaired) electrons. The summed E-state index contributed by atoms with van der Waals surface area (Å²) < 4.78 is 5.59. The van der Waals surface area contributed by atoms with Gasteiger partial charge in [0.05, 0.1) is 18.7 Å². The van der Waals surface area contributed by atoms with Gasteiger partial charge in [-0.25, -0.2) is 0 Å². The largest absolute Gasteiger partial charge is 0.478 e. The number of hydrazine groups is 1. The number of aryl methyl sites for hydroxylation is 1. The number of hydrogen-bond donors (Lipinski definition) is 3. The summed E-state index contributed by atoms with van der Waals surface area (Å²) in [4.78, 5) is 38.5. The molecule has 3 N–H and O–H groups in total. The maximum absolute atomic E-state index is 12.3. The molecule has 0 unspecified atom stereocenters. The summed E-state index contributed by atoms with van der Waals surface area (Å²) >= 11 is 0. The maximum atomic E-state index is 12.3. The quantitative estimate of drug-likeness (QED) is 0.681. The number of anilines is 2. The number of nitrogens with one attached hydrogen (secondary N) is 3. The van der Waals surface area contributed by atoms with Gasteiger partial charge in [0.15, 0.2) is 6.10 Å². The Bertz CT molecular complexity index is 946. The van der Waals surface area contributed by atoms with E-state index in [2.05, 4.69) is 22.2 Å². The molecule has 8 heteroatoms. The van der Waals surface area contributed by atoms with Crippen molar-refractivity contribution in [3.8, 4) is 5.75 Å². The van der Waals surface area contributed by atoms with Crippen molar-refractivity contribution in [2.45, 2.75) is 25.4 Å². The van der Waals surface area contributed by atoms with Gasteiger partial charge in [-0.05, 0) is 36.6 Å². The van der Waals surface area contributed by atoms with Gasteiger partial charge in [-0.1, -0.05) is 30.3 Å². The number of para-hydroxylation sites is 3. The molecule has 0 spiro atoms. The second-order valence-electron chi connectivity index (χ2n) is 7.05. The van der Waals surface area contributed by atoms with Crippen LogP contribution in [-0.2, 0) is 20.8 Å². The van der Waals surface area contributed by atoms with Gasteiger partial charge >= 0.3 is 0 Å². The summed E-state index contributed by atoms with van der Waals surface area (Å²) in [5.74, 6) is -0.709. The molecule has 0 saturated carbocycles. The molecule has 0 bridgehead atoms. The Kier molecular flexibility index (Phi) is 5.33. The van der Waals surface area contributed by atoms with E-state index in [1.54, 1.807) is 24.3 Å². The lowest BCUT2D eigenvalue weighted by atomic mass is 10.0. The van der Waals surface area contributed by atoms with Gasteiger partial charge < -0.3 is 15.0 Å². The highest BCUT2D eigenvalue weighted by Gasteiger charge is 2.29. The van der Waals surface area contributed by atoms with Gasteiger partial charge in [0.2, 0.25) is 5.91 Å². The molecule has 2 aliphatic heterocycles. The summed E-state index contributed by atoms with van der Waals surface area (Å²) in [5, 5.41) is 2.71. The minimum absolute atomic E-state index is 0.144. The first-order valence-electron chi connectivity index (χ1n) is 9.57. The predicted octanol–water partition coefficient (Wildman–Crippen LogP) is 1.38. The lowest BCUT2D eigenvalue weighted by molar-refractivity contribution is -0.132. The molecule has 3 amide bonds. The fraction of sp³-hybridized carbons (Fsp3) is 0.286. The van der Waals surface area contributed by atoms with Crippen LogP contribution in [0.5, 0.6) is 5.75 Å². The SMILES string of the molecule is O=C(C[C@@H]1Oc2ccccc2NC1=O)NNC(=O)CN1CCCc2ccccc21. The molecule has 2 aromatic carbocycles. The Morgan fingerprint density at radius 1 is 1.07 bits per heavy atom. The van der Waals surface area contributed by atoms with Gasteiger partial charge in [0.25, 0.3) is 11.8 Å². The third kappa shape index (κ3) is 4.31. The highest BCUT2D eigenvalue weighted by atomic mass is 16.5. The average Bonchev–Trinajstić information content (AvgIpc) is 2.73. The zero-order valence-corrected chi connectivity index (χ0v) is 15.8. The second-order valence-corrected chi connectivity index (χ2v) is 7.05. The van der Waals surface area contributed by atoms with Crippen molar-refractivity contribution in [2.75, 3.05) is 23.3 Å². The highest BCUT2D eigenvalue weighted by Crippen LogP contribution is 2.29. The number of benzene rings is 2. The summed E-state index contributed by atoms with van der Waals surface area (Å²) in [7, 11) is 0. The zero-order valence-electron chi connectivity index (χ0n) is 15.8. The van der Waals surface area contributed by atoms with Gasteiger partial charge in [-0.3, -0.25) is 25.2 Å². The average molecular weight is 394 g/mol. The van der Waals surface area contributed by atoms with Gasteiger partial charge in [-0.15, -0.1) is 0 Å². The molecule has 0 aromatic heterocycles. The number of hydrogen-bond acceptors (Lipinski definition) is 5. The highest BCUT2D eigenvalue weighted by molar-refractivity contribution is 6.00. The number of fused-ring (bicyclic) bond motifs is 2. The standard InChI is InChI=1S/C21H22N4O4/c26-19(12-18-21(28)22-15-8-2-4-10-17(15)29-18)23-24-20(27)13-25-11-5-7-14-6-1-3-9-16(14)25/h1-4,6,8-10,18H,5,7,11-13H2,(H,22,28)(H,23,26)(H,24,27)/t18-/m0/s1. The monoisotopic (exact) mass is 394 g/mol. The fourth-order valence-corrected chi connectivity index (χ4v) is 3.57. The van der Waals surface area contributed by atoms with Crippen molar-refractivity contribution >= 4 is 29.1 Å². The lowest BCUT2D eigenvalue weighted by Crippen LogP contribution is -2.49. The zero-order chi connectivity index (χ0) is 20.2. The number of ether oxygens (including phenoxy) is 1. The van der Waals surface area contributed by atoms with E-state index in [0.29, 0.717) is 11.4 Å². The van der Waals surface area contributed by atoms with Crippen LogP contribution in [0.1, 0.15) is 18.4 Å². The Labute approximate surface area is 168 Å². The number of carbonyl (C=O) groups excluding carboxylic acids is 3. The van der Waals surface area contributed by atoms with Crippen LogP contribution in [0.3, 0.4) is 0 Å². The lowest BCUT2D eigenvalue weighted by Gasteiger charge is -2.30. The molecular weight excluding hydrogens is 372 g/mol. The van der Waals surface area contributed by atoms with E-state index in [1.165, 1.54) is 5.56 Å². The number of rotatable bonds is 4. The van der Waals surface area contributed by atoms with E-state index in [0.717, 1.165) is 25.1 Å². The normalized spacial score (nSPS) is 17.3. The molecule has 2 heterocycles. The van der Waals surface area contributed by atoms with Crippen LogP contribution in [0.2, 0.25) is 0 Å². The smallest absolute Gasteiger partial charge is 0.266 e. The number of carbonyl (C=O) groups is 3.